The van der Waals surface area contributed by atoms with Gasteiger partial charge in [-0.15, -0.1) is 0 Å². The molecule has 2 heterocycles. The summed E-state index contributed by atoms with van der Waals surface area (Å²) in [5, 5.41) is 0. The van der Waals surface area contributed by atoms with E-state index in [1.54, 1.807) is 7.11 Å². The van der Waals surface area contributed by atoms with Crippen LogP contribution in [0.15, 0.2) is 48.5 Å². The Morgan fingerprint density at radius 1 is 1.09 bits per heavy atom. The largest absolute Gasteiger partial charge is 0.497 e. The van der Waals surface area contributed by atoms with Gasteiger partial charge >= 0.3 is 0 Å². The molecule has 1 unspecified atom stereocenters. The molecule has 1 atom stereocenters. The SMILES string of the molecule is COc1ccc2c(c1)CC1CN(Cc3ccccc3)CCN21. The third-order valence-electron chi connectivity index (χ3n) is 4.87. The summed E-state index contributed by atoms with van der Waals surface area (Å²) in [6.07, 6.45) is 1.14. The van der Waals surface area contributed by atoms with Crippen LogP contribution in [0.3, 0.4) is 0 Å². The van der Waals surface area contributed by atoms with E-state index in [1.165, 1.54) is 16.8 Å². The lowest BCUT2D eigenvalue weighted by molar-refractivity contribution is 0.219. The first-order valence-electron chi connectivity index (χ1n) is 8.03. The molecule has 1 fully saturated rings. The van der Waals surface area contributed by atoms with Crippen molar-refractivity contribution in [2.24, 2.45) is 0 Å². The number of benzene rings is 2. The molecule has 2 aromatic rings. The van der Waals surface area contributed by atoms with Crippen LogP contribution in [0.5, 0.6) is 5.75 Å². The molecule has 2 aliphatic rings. The molecule has 0 spiro atoms. The Morgan fingerprint density at radius 2 is 1.95 bits per heavy atom. The van der Waals surface area contributed by atoms with E-state index in [1.807, 2.05) is 0 Å². The van der Waals surface area contributed by atoms with Crippen LogP contribution >= 0.6 is 0 Å². The van der Waals surface area contributed by atoms with Gasteiger partial charge in [-0.05, 0) is 35.7 Å². The summed E-state index contributed by atoms with van der Waals surface area (Å²) in [5.41, 5.74) is 4.25. The van der Waals surface area contributed by atoms with Crippen molar-refractivity contribution in [1.29, 1.82) is 0 Å². The lowest BCUT2D eigenvalue weighted by Crippen LogP contribution is -2.51. The topological polar surface area (TPSA) is 15.7 Å². The summed E-state index contributed by atoms with van der Waals surface area (Å²) >= 11 is 0. The van der Waals surface area contributed by atoms with Crippen LogP contribution in [0.4, 0.5) is 5.69 Å². The number of anilines is 1. The Hall–Kier alpha value is -2.00. The van der Waals surface area contributed by atoms with Crippen molar-refractivity contribution >= 4 is 5.69 Å². The minimum atomic E-state index is 0.611. The third kappa shape index (κ3) is 2.46. The van der Waals surface area contributed by atoms with Crippen molar-refractivity contribution in [3.63, 3.8) is 0 Å². The molecule has 0 N–H and O–H groups in total. The predicted octanol–water partition coefficient (Wildman–Crippen LogP) is 2.94. The zero-order valence-electron chi connectivity index (χ0n) is 13.0. The molecule has 0 amide bonds. The molecular weight excluding hydrogens is 272 g/mol. The zero-order chi connectivity index (χ0) is 14.9. The molecule has 3 heteroatoms. The van der Waals surface area contributed by atoms with Gasteiger partial charge in [0, 0.05) is 37.9 Å². The lowest BCUT2D eigenvalue weighted by atomic mass is 10.1. The standard InChI is InChI=1S/C19H22N2O/c1-22-18-7-8-19-16(12-18)11-17-14-20(9-10-21(17)19)13-15-5-3-2-4-6-15/h2-8,12,17H,9-11,13-14H2,1H3. The number of rotatable bonds is 3. The fraction of sp³-hybridized carbons (Fsp3) is 0.368. The van der Waals surface area contributed by atoms with Crippen LogP contribution < -0.4 is 9.64 Å². The molecule has 0 radical (unpaired) electrons. The smallest absolute Gasteiger partial charge is 0.119 e. The van der Waals surface area contributed by atoms with Gasteiger partial charge in [0.1, 0.15) is 5.75 Å². The fourth-order valence-corrected chi connectivity index (χ4v) is 3.78. The van der Waals surface area contributed by atoms with Gasteiger partial charge in [-0.1, -0.05) is 30.3 Å². The molecule has 1 saturated heterocycles. The van der Waals surface area contributed by atoms with Crippen molar-refractivity contribution in [1.82, 2.24) is 4.90 Å². The van der Waals surface area contributed by atoms with Crippen molar-refractivity contribution in [3.8, 4) is 5.75 Å². The number of hydrogen-bond acceptors (Lipinski definition) is 3. The second-order valence-electron chi connectivity index (χ2n) is 6.27. The molecule has 114 valence electrons. The minimum Gasteiger partial charge on any atom is -0.497 e. The zero-order valence-corrected chi connectivity index (χ0v) is 13.0. The number of methoxy groups -OCH3 is 1. The Kier molecular flexibility index (Phi) is 3.51. The third-order valence-corrected chi connectivity index (χ3v) is 4.87. The van der Waals surface area contributed by atoms with E-state index in [-0.39, 0.29) is 0 Å². The maximum absolute atomic E-state index is 5.36. The van der Waals surface area contributed by atoms with Crippen molar-refractivity contribution in [2.75, 3.05) is 31.6 Å². The molecule has 3 nitrogen and oxygen atoms in total. The van der Waals surface area contributed by atoms with E-state index in [9.17, 15) is 0 Å². The van der Waals surface area contributed by atoms with E-state index in [0.29, 0.717) is 6.04 Å². The quantitative estimate of drug-likeness (QED) is 0.865. The molecule has 2 aromatic carbocycles. The highest BCUT2D eigenvalue weighted by atomic mass is 16.5. The molecule has 0 aliphatic carbocycles. The van der Waals surface area contributed by atoms with Gasteiger partial charge < -0.3 is 9.64 Å². The van der Waals surface area contributed by atoms with E-state index in [0.717, 1.165) is 38.3 Å². The number of fused-ring (bicyclic) bond motifs is 3. The highest BCUT2D eigenvalue weighted by molar-refractivity contribution is 5.62. The van der Waals surface area contributed by atoms with Gasteiger partial charge in [-0.3, -0.25) is 4.90 Å². The van der Waals surface area contributed by atoms with Crippen LogP contribution in [-0.4, -0.2) is 37.7 Å². The summed E-state index contributed by atoms with van der Waals surface area (Å²) in [5.74, 6) is 0.972. The second kappa shape index (κ2) is 5.65. The number of hydrogen-bond donors (Lipinski definition) is 0. The molecule has 0 aromatic heterocycles. The normalized spacial score (nSPS) is 20.6. The Labute approximate surface area is 132 Å². The monoisotopic (exact) mass is 294 g/mol. The van der Waals surface area contributed by atoms with E-state index in [2.05, 4.69) is 58.3 Å². The molecule has 4 rings (SSSR count). The summed E-state index contributed by atoms with van der Waals surface area (Å²) in [6, 6.07) is 17.9. The predicted molar refractivity (Wildman–Crippen MR) is 89.6 cm³/mol. The van der Waals surface area contributed by atoms with Crippen LogP contribution in [0.2, 0.25) is 0 Å². The van der Waals surface area contributed by atoms with Gasteiger partial charge in [0.25, 0.3) is 0 Å². The van der Waals surface area contributed by atoms with Gasteiger partial charge in [-0.25, -0.2) is 0 Å². The molecule has 2 aliphatic heterocycles. The van der Waals surface area contributed by atoms with Crippen molar-refractivity contribution < 1.29 is 4.74 Å². The lowest BCUT2D eigenvalue weighted by Gasteiger charge is -2.39. The minimum absolute atomic E-state index is 0.611. The Bertz CT molecular complexity index is 656. The Balaban J connectivity index is 1.47. The van der Waals surface area contributed by atoms with Crippen molar-refractivity contribution in [2.45, 2.75) is 19.0 Å². The van der Waals surface area contributed by atoms with Crippen LogP contribution in [0.1, 0.15) is 11.1 Å². The maximum Gasteiger partial charge on any atom is 0.119 e. The van der Waals surface area contributed by atoms with Crippen LogP contribution in [-0.2, 0) is 13.0 Å². The average Bonchev–Trinajstić information content (AvgIpc) is 2.92. The highest BCUT2D eigenvalue weighted by Gasteiger charge is 2.34. The van der Waals surface area contributed by atoms with Crippen LogP contribution in [0.25, 0.3) is 0 Å². The fourth-order valence-electron chi connectivity index (χ4n) is 3.78. The maximum atomic E-state index is 5.36. The van der Waals surface area contributed by atoms with Crippen LogP contribution in [0, 0.1) is 0 Å². The second-order valence-corrected chi connectivity index (χ2v) is 6.27. The van der Waals surface area contributed by atoms with E-state index < -0.39 is 0 Å². The van der Waals surface area contributed by atoms with E-state index >= 15 is 0 Å². The Morgan fingerprint density at radius 3 is 2.77 bits per heavy atom. The molecule has 22 heavy (non-hydrogen) atoms. The number of ether oxygens (including phenoxy) is 1. The van der Waals surface area contributed by atoms with Crippen molar-refractivity contribution in [3.05, 3.63) is 59.7 Å². The first kappa shape index (κ1) is 13.6. The average molecular weight is 294 g/mol. The molecule has 0 bridgehead atoms. The molecule has 0 saturated carbocycles. The first-order valence-corrected chi connectivity index (χ1v) is 8.03. The molecular formula is C19H22N2O. The summed E-state index contributed by atoms with van der Waals surface area (Å²) in [4.78, 5) is 5.16. The summed E-state index contributed by atoms with van der Waals surface area (Å²) in [7, 11) is 1.74. The highest BCUT2D eigenvalue weighted by Crippen LogP contribution is 2.36. The number of piperazine rings is 1. The summed E-state index contributed by atoms with van der Waals surface area (Å²) in [6.45, 7) is 4.46. The number of nitrogens with zero attached hydrogens (tertiary/aromatic N) is 2. The van der Waals surface area contributed by atoms with Gasteiger partial charge in [0.2, 0.25) is 0 Å². The van der Waals surface area contributed by atoms with E-state index in [4.69, 9.17) is 4.74 Å². The summed E-state index contributed by atoms with van der Waals surface area (Å²) < 4.78 is 5.36. The first-order chi connectivity index (χ1) is 10.8. The van der Waals surface area contributed by atoms with Gasteiger partial charge in [-0.2, -0.15) is 0 Å². The van der Waals surface area contributed by atoms with Gasteiger partial charge in [0.15, 0.2) is 0 Å². The van der Waals surface area contributed by atoms with Gasteiger partial charge in [0.05, 0.1) is 7.11 Å².